The van der Waals surface area contributed by atoms with Crippen LogP contribution in [0, 0.1) is 0 Å². The van der Waals surface area contributed by atoms with E-state index in [1.165, 1.54) is 5.56 Å². The van der Waals surface area contributed by atoms with E-state index in [1.54, 1.807) is 21.3 Å². The molecule has 1 aromatic rings. The number of anilines is 1. The number of ether oxygens (including phenoxy) is 3. The first-order valence-corrected chi connectivity index (χ1v) is 6.83. The summed E-state index contributed by atoms with van der Waals surface area (Å²) in [6.07, 6.45) is 1.10. The highest BCUT2D eigenvalue weighted by atomic mass is 16.5. The lowest BCUT2D eigenvalue weighted by Crippen LogP contribution is -2.16. The second-order valence-electron chi connectivity index (χ2n) is 5.28. The van der Waals surface area contributed by atoms with Crippen LogP contribution in [0.2, 0.25) is 0 Å². The molecular weight excluding hydrogens is 256 g/mol. The zero-order valence-electron chi connectivity index (χ0n) is 12.9. The number of nitrogens with zero attached hydrogens (tertiary/aromatic N) is 1. The normalized spacial score (nSPS) is 16.8. The molecular formula is C15H24N2O3. The average Bonchev–Trinajstić information content (AvgIpc) is 2.85. The summed E-state index contributed by atoms with van der Waals surface area (Å²) < 4.78 is 16.4. The molecule has 5 nitrogen and oxygen atoms in total. The van der Waals surface area contributed by atoms with E-state index < -0.39 is 0 Å². The summed E-state index contributed by atoms with van der Waals surface area (Å²) in [5, 5.41) is 3.44. The number of hydrogen-bond donors (Lipinski definition) is 1. The van der Waals surface area contributed by atoms with Gasteiger partial charge in [-0.2, -0.15) is 0 Å². The van der Waals surface area contributed by atoms with Gasteiger partial charge in [-0.1, -0.05) is 0 Å². The smallest absolute Gasteiger partial charge is 0.205 e. The number of hydrogen-bond acceptors (Lipinski definition) is 5. The highest BCUT2D eigenvalue weighted by Gasteiger charge is 2.29. The van der Waals surface area contributed by atoms with Crippen LogP contribution in [-0.2, 0) is 0 Å². The Kier molecular flexibility index (Phi) is 4.60. The third kappa shape index (κ3) is 2.63. The monoisotopic (exact) mass is 280 g/mol. The van der Waals surface area contributed by atoms with Crippen molar-refractivity contribution in [1.29, 1.82) is 0 Å². The van der Waals surface area contributed by atoms with Gasteiger partial charge in [0.1, 0.15) is 0 Å². The van der Waals surface area contributed by atoms with Crippen LogP contribution in [-0.4, -0.2) is 53.4 Å². The first-order valence-electron chi connectivity index (χ1n) is 6.83. The molecule has 0 bridgehead atoms. The van der Waals surface area contributed by atoms with Crippen molar-refractivity contribution in [2.75, 3.05) is 53.8 Å². The maximum absolute atomic E-state index is 5.52. The standard InChI is InChI=1S/C15H24N2O3/c1-17(2)7-6-10-9-16-13-11(10)8-12(18-3)14(19-4)15(13)20-5/h8,10,16H,6-7,9H2,1-5H3. The van der Waals surface area contributed by atoms with Gasteiger partial charge in [-0.05, 0) is 38.7 Å². The summed E-state index contributed by atoms with van der Waals surface area (Å²) in [4.78, 5) is 2.20. The molecule has 2 rings (SSSR count). The molecule has 1 atom stereocenters. The van der Waals surface area contributed by atoms with Crippen LogP contribution in [0.15, 0.2) is 6.07 Å². The lowest BCUT2D eigenvalue weighted by Gasteiger charge is -2.18. The van der Waals surface area contributed by atoms with Crippen molar-refractivity contribution in [3.63, 3.8) is 0 Å². The molecule has 0 saturated carbocycles. The van der Waals surface area contributed by atoms with Crippen molar-refractivity contribution in [2.24, 2.45) is 0 Å². The minimum atomic E-state index is 0.473. The maximum atomic E-state index is 5.52. The van der Waals surface area contributed by atoms with Gasteiger partial charge in [0.15, 0.2) is 11.5 Å². The molecule has 0 aliphatic carbocycles. The van der Waals surface area contributed by atoms with E-state index in [2.05, 4.69) is 30.4 Å². The van der Waals surface area contributed by atoms with Crippen LogP contribution in [0.5, 0.6) is 17.2 Å². The van der Waals surface area contributed by atoms with Crippen molar-refractivity contribution >= 4 is 5.69 Å². The SMILES string of the molecule is COc1cc2c(c(OC)c1OC)NCC2CCN(C)C. The number of fused-ring (bicyclic) bond motifs is 1. The van der Waals surface area contributed by atoms with Gasteiger partial charge in [0.25, 0.3) is 0 Å². The summed E-state index contributed by atoms with van der Waals surface area (Å²) in [6, 6.07) is 2.07. The van der Waals surface area contributed by atoms with Crippen molar-refractivity contribution in [3.8, 4) is 17.2 Å². The molecule has 1 heterocycles. The first kappa shape index (κ1) is 14.8. The Morgan fingerprint density at radius 3 is 2.40 bits per heavy atom. The molecule has 112 valence electrons. The van der Waals surface area contributed by atoms with Gasteiger partial charge >= 0.3 is 0 Å². The minimum absolute atomic E-state index is 0.473. The predicted octanol–water partition coefficient (Wildman–Crippen LogP) is 2.17. The van der Waals surface area contributed by atoms with E-state index in [-0.39, 0.29) is 0 Å². The number of methoxy groups -OCH3 is 3. The van der Waals surface area contributed by atoms with Crippen molar-refractivity contribution < 1.29 is 14.2 Å². The van der Waals surface area contributed by atoms with E-state index in [4.69, 9.17) is 14.2 Å². The van der Waals surface area contributed by atoms with Gasteiger partial charge in [-0.3, -0.25) is 0 Å². The molecule has 0 aromatic heterocycles. The molecule has 1 aliphatic rings. The van der Waals surface area contributed by atoms with Crippen molar-refractivity contribution in [2.45, 2.75) is 12.3 Å². The Morgan fingerprint density at radius 1 is 1.15 bits per heavy atom. The fourth-order valence-corrected chi connectivity index (χ4v) is 2.69. The van der Waals surface area contributed by atoms with Gasteiger partial charge in [0.2, 0.25) is 5.75 Å². The van der Waals surface area contributed by atoms with Crippen LogP contribution in [0.25, 0.3) is 0 Å². The molecule has 1 N–H and O–H groups in total. The molecule has 0 radical (unpaired) electrons. The fourth-order valence-electron chi connectivity index (χ4n) is 2.69. The van der Waals surface area contributed by atoms with Gasteiger partial charge in [-0.15, -0.1) is 0 Å². The van der Waals surface area contributed by atoms with E-state index in [1.807, 2.05) is 0 Å². The quantitative estimate of drug-likeness (QED) is 0.865. The molecule has 0 saturated heterocycles. The lowest BCUT2D eigenvalue weighted by molar-refractivity contribution is 0.325. The van der Waals surface area contributed by atoms with E-state index in [0.29, 0.717) is 11.7 Å². The zero-order valence-corrected chi connectivity index (χ0v) is 12.9. The Balaban J connectivity index is 2.37. The molecule has 1 unspecified atom stereocenters. The molecule has 1 aliphatic heterocycles. The van der Waals surface area contributed by atoms with Gasteiger partial charge in [0, 0.05) is 12.5 Å². The van der Waals surface area contributed by atoms with Crippen molar-refractivity contribution in [1.82, 2.24) is 4.90 Å². The van der Waals surface area contributed by atoms with Gasteiger partial charge in [-0.25, -0.2) is 0 Å². The molecule has 0 amide bonds. The van der Waals surface area contributed by atoms with E-state index in [9.17, 15) is 0 Å². The fraction of sp³-hybridized carbons (Fsp3) is 0.600. The Hall–Kier alpha value is -1.62. The minimum Gasteiger partial charge on any atom is -0.493 e. The van der Waals surface area contributed by atoms with Crippen LogP contribution < -0.4 is 19.5 Å². The van der Waals surface area contributed by atoms with Crippen LogP contribution in [0.3, 0.4) is 0 Å². The van der Waals surface area contributed by atoms with Gasteiger partial charge < -0.3 is 24.4 Å². The van der Waals surface area contributed by atoms with E-state index in [0.717, 1.165) is 36.7 Å². The summed E-state index contributed by atoms with van der Waals surface area (Å²) in [5.41, 5.74) is 2.29. The zero-order chi connectivity index (χ0) is 14.7. The number of benzene rings is 1. The van der Waals surface area contributed by atoms with Gasteiger partial charge in [0.05, 0.1) is 27.0 Å². The number of rotatable bonds is 6. The summed E-state index contributed by atoms with van der Waals surface area (Å²) in [5.74, 6) is 2.58. The third-order valence-electron chi connectivity index (χ3n) is 3.75. The molecule has 0 fully saturated rings. The third-order valence-corrected chi connectivity index (χ3v) is 3.75. The van der Waals surface area contributed by atoms with Crippen molar-refractivity contribution in [3.05, 3.63) is 11.6 Å². The predicted molar refractivity (Wildman–Crippen MR) is 80.5 cm³/mol. The molecule has 1 aromatic carbocycles. The lowest BCUT2D eigenvalue weighted by atomic mass is 9.96. The topological polar surface area (TPSA) is 43.0 Å². The second kappa shape index (κ2) is 6.22. The molecule has 20 heavy (non-hydrogen) atoms. The Morgan fingerprint density at radius 2 is 1.85 bits per heavy atom. The first-order chi connectivity index (χ1) is 9.62. The van der Waals surface area contributed by atoms with Crippen LogP contribution in [0.1, 0.15) is 17.9 Å². The van der Waals surface area contributed by atoms with Crippen LogP contribution >= 0.6 is 0 Å². The second-order valence-corrected chi connectivity index (χ2v) is 5.28. The highest BCUT2D eigenvalue weighted by Crippen LogP contribution is 2.50. The average molecular weight is 280 g/mol. The summed E-state index contributed by atoms with van der Waals surface area (Å²) >= 11 is 0. The summed E-state index contributed by atoms with van der Waals surface area (Å²) in [7, 11) is 9.13. The highest BCUT2D eigenvalue weighted by molar-refractivity contribution is 5.75. The number of nitrogens with one attached hydrogen (secondary N) is 1. The summed E-state index contributed by atoms with van der Waals surface area (Å²) in [6.45, 7) is 1.98. The molecule has 5 heteroatoms. The Labute approximate surface area is 120 Å². The Bertz CT molecular complexity index is 475. The molecule has 0 spiro atoms. The maximum Gasteiger partial charge on any atom is 0.205 e. The van der Waals surface area contributed by atoms with E-state index >= 15 is 0 Å². The van der Waals surface area contributed by atoms with Crippen LogP contribution in [0.4, 0.5) is 5.69 Å². The largest absolute Gasteiger partial charge is 0.493 e.